The number of aryl methyl sites for hydroxylation is 2. The van der Waals surface area contributed by atoms with Crippen molar-refractivity contribution in [2.45, 2.75) is 6.92 Å². The Hall–Kier alpha value is -1.89. The van der Waals surface area contributed by atoms with Gasteiger partial charge in [0.15, 0.2) is 5.78 Å². The van der Waals surface area contributed by atoms with Crippen LogP contribution in [-0.4, -0.2) is 37.7 Å². The highest BCUT2D eigenvalue weighted by Gasteiger charge is 2.11. The van der Waals surface area contributed by atoms with Crippen LogP contribution >= 0.6 is 11.5 Å². The van der Waals surface area contributed by atoms with Gasteiger partial charge in [0.2, 0.25) is 0 Å². The second-order valence-electron chi connectivity index (χ2n) is 3.48. The maximum atomic E-state index is 11.7. The number of carbonyl (C=O) groups is 1. The SMILES string of the molecule is Cc1nnsc1C(=O)CN=Cc1nccn1C. The molecule has 7 heteroatoms. The maximum Gasteiger partial charge on any atom is 0.197 e. The molecule has 0 bridgehead atoms. The lowest BCUT2D eigenvalue weighted by atomic mass is 10.3. The van der Waals surface area contributed by atoms with E-state index in [0.29, 0.717) is 10.6 Å². The summed E-state index contributed by atoms with van der Waals surface area (Å²) in [7, 11) is 1.87. The Morgan fingerprint density at radius 1 is 1.65 bits per heavy atom. The lowest BCUT2D eigenvalue weighted by Crippen LogP contribution is -2.04. The maximum absolute atomic E-state index is 11.7. The van der Waals surface area contributed by atoms with Crippen molar-refractivity contribution in [3.8, 4) is 0 Å². The van der Waals surface area contributed by atoms with Gasteiger partial charge in [-0.1, -0.05) is 4.49 Å². The zero-order chi connectivity index (χ0) is 12.3. The van der Waals surface area contributed by atoms with Gasteiger partial charge in [0.25, 0.3) is 0 Å². The van der Waals surface area contributed by atoms with E-state index in [1.807, 2.05) is 17.8 Å². The van der Waals surface area contributed by atoms with Crippen LogP contribution in [0, 0.1) is 6.92 Å². The molecule has 0 spiro atoms. The van der Waals surface area contributed by atoms with E-state index in [0.717, 1.165) is 17.4 Å². The van der Waals surface area contributed by atoms with Crippen LogP contribution in [0.3, 0.4) is 0 Å². The molecule has 2 heterocycles. The zero-order valence-electron chi connectivity index (χ0n) is 9.49. The Bertz CT molecular complexity index is 557. The summed E-state index contributed by atoms with van der Waals surface area (Å²) in [6.45, 7) is 1.86. The first-order chi connectivity index (χ1) is 8.18. The summed E-state index contributed by atoms with van der Waals surface area (Å²) in [6.07, 6.45) is 5.09. The number of imidazole rings is 1. The summed E-state index contributed by atoms with van der Waals surface area (Å²) in [6, 6.07) is 0. The average molecular weight is 249 g/mol. The molecule has 0 radical (unpaired) electrons. The molecule has 0 amide bonds. The van der Waals surface area contributed by atoms with E-state index >= 15 is 0 Å². The van der Waals surface area contributed by atoms with Crippen molar-refractivity contribution in [3.63, 3.8) is 0 Å². The number of nitrogens with zero attached hydrogens (tertiary/aromatic N) is 5. The van der Waals surface area contributed by atoms with Crippen molar-refractivity contribution in [3.05, 3.63) is 28.8 Å². The topological polar surface area (TPSA) is 73.0 Å². The molecule has 0 saturated heterocycles. The van der Waals surface area contributed by atoms with Gasteiger partial charge < -0.3 is 4.57 Å². The summed E-state index contributed by atoms with van der Waals surface area (Å²) >= 11 is 1.10. The minimum Gasteiger partial charge on any atom is -0.333 e. The van der Waals surface area contributed by atoms with Gasteiger partial charge in [-0.3, -0.25) is 9.79 Å². The quantitative estimate of drug-likeness (QED) is 0.595. The van der Waals surface area contributed by atoms with E-state index < -0.39 is 0 Å². The van der Waals surface area contributed by atoms with Gasteiger partial charge in [-0.2, -0.15) is 0 Å². The summed E-state index contributed by atoms with van der Waals surface area (Å²) in [4.78, 5) is 20.4. The van der Waals surface area contributed by atoms with Gasteiger partial charge in [-0.25, -0.2) is 4.98 Å². The summed E-state index contributed by atoms with van der Waals surface area (Å²) in [5.41, 5.74) is 0.659. The van der Waals surface area contributed by atoms with Crippen LogP contribution in [0.1, 0.15) is 21.2 Å². The van der Waals surface area contributed by atoms with Gasteiger partial charge in [-0.05, 0) is 18.5 Å². The molecular formula is C10H11N5OS. The molecule has 0 aliphatic heterocycles. The number of aliphatic imine (C=N–C) groups is 1. The molecule has 0 N–H and O–H groups in total. The van der Waals surface area contributed by atoms with Crippen LogP contribution in [0.5, 0.6) is 0 Å². The van der Waals surface area contributed by atoms with Crippen molar-refractivity contribution in [1.82, 2.24) is 19.1 Å². The molecule has 0 aromatic carbocycles. The van der Waals surface area contributed by atoms with Crippen LogP contribution in [0.25, 0.3) is 0 Å². The van der Waals surface area contributed by atoms with Crippen molar-refractivity contribution < 1.29 is 4.79 Å². The normalized spacial score (nSPS) is 11.2. The average Bonchev–Trinajstić information content (AvgIpc) is 2.88. The van der Waals surface area contributed by atoms with Crippen molar-refractivity contribution in [2.75, 3.05) is 6.54 Å². The van der Waals surface area contributed by atoms with Crippen LogP contribution in [0.15, 0.2) is 17.4 Å². The van der Waals surface area contributed by atoms with Crippen molar-refractivity contribution >= 4 is 23.5 Å². The highest BCUT2D eigenvalue weighted by molar-refractivity contribution is 7.08. The lowest BCUT2D eigenvalue weighted by molar-refractivity contribution is 0.100. The number of rotatable bonds is 4. The molecule has 0 fully saturated rings. The van der Waals surface area contributed by atoms with E-state index in [4.69, 9.17) is 0 Å². The zero-order valence-corrected chi connectivity index (χ0v) is 10.3. The van der Waals surface area contributed by atoms with E-state index in [-0.39, 0.29) is 12.3 Å². The second kappa shape index (κ2) is 4.96. The standard InChI is InChI=1S/C10H11N5OS/c1-7-10(17-14-13-7)8(16)5-11-6-9-12-3-4-15(9)2/h3-4,6H,5H2,1-2H3. The van der Waals surface area contributed by atoms with Crippen molar-refractivity contribution in [1.29, 1.82) is 0 Å². The molecule has 17 heavy (non-hydrogen) atoms. The molecule has 0 atom stereocenters. The van der Waals surface area contributed by atoms with E-state index in [1.54, 1.807) is 19.3 Å². The molecule has 88 valence electrons. The Kier molecular flexibility index (Phi) is 3.38. The Labute approximate surface area is 102 Å². The van der Waals surface area contributed by atoms with Gasteiger partial charge in [0, 0.05) is 19.4 Å². The first kappa shape index (κ1) is 11.6. The number of hydrogen-bond donors (Lipinski definition) is 0. The van der Waals surface area contributed by atoms with Gasteiger partial charge in [0.05, 0.1) is 11.9 Å². The van der Waals surface area contributed by atoms with Gasteiger partial charge >= 0.3 is 0 Å². The predicted octanol–water partition coefficient (Wildman–Crippen LogP) is 0.882. The molecule has 2 aromatic heterocycles. The third-order valence-electron chi connectivity index (χ3n) is 2.20. The van der Waals surface area contributed by atoms with Gasteiger partial charge in [0.1, 0.15) is 17.2 Å². The number of carbonyl (C=O) groups excluding carboxylic acids is 1. The van der Waals surface area contributed by atoms with Gasteiger partial charge in [-0.15, -0.1) is 5.10 Å². The van der Waals surface area contributed by atoms with Crippen molar-refractivity contribution in [2.24, 2.45) is 12.0 Å². The lowest BCUT2D eigenvalue weighted by Gasteiger charge is -1.94. The number of aromatic nitrogens is 4. The Balaban J connectivity index is 2.00. The summed E-state index contributed by atoms with van der Waals surface area (Å²) in [5, 5.41) is 3.79. The molecule has 0 aliphatic rings. The minimum absolute atomic E-state index is 0.0667. The molecule has 2 rings (SSSR count). The van der Waals surface area contributed by atoms with E-state index in [9.17, 15) is 4.79 Å². The Morgan fingerprint density at radius 3 is 3.06 bits per heavy atom. The third-order valence-corrected chi connectivity index (χ3v) is 3.07. The molecule has 0 aliphatic carbocycles. The van der Waals surface area contributed by atoms with E-state index in [2.05, 4.69) is 19.6 Å². The van der Waals surface area contributed by atoms with Crippen LogP contribution < -0.4 is 0 Å². The summed E-state index contributed by atoms with van der Waals surface area (Å²) < 4.78 is 5.54. The summed E-state index contributed by atoms with van der Waals surface area (Å²) in [5.74, 6) is 0.653. The smallest absolute Gasteiger partial charge is 0.197 e. The molecule has 0 saturated carbocycles. The fraction of sp³-hybridized carbons (Fsp3) is 0.300. The largest absolute Gasteiger partial charge is 0.333 e. The highest BCUT2D eigenvalue weighted by Crippen LogP contribution is 2.09. The fourth-order valence-corrected chi connectivity index (χ4v) is 1.85. The molecule has 2 aromatic rings. The first-order valence-electron chi connectivity index (χ1n) is 4.98. The Morgan fingerprint density at radius 2 is 2.47 bits per heavy atom. The highest BCUT2D eigenvalue weighted by atomic mass is 32.1. The number of hydrogen-bond acceptors (Lipinski definition) is 6. The third kappa shape index (κ3) is 2.62. The van der Waals surface area contributed by atoms with Crippen LogP contribution in [0.2, 0.25) is 0 Å². The monoisotopic (exact) mass is 249 g/mol. The molecular weight excluding hydrogens is 238 g/mol. The number of ketones is 1. The van der Waals surface area contributed by atoms with Crippen LogP contribution in [0.4, 0.5) is 0 Å². The fourth-order valence-electron chi connectivity index (χ4n) is 1.27. The number of Topliss-reactive ketones (excluding diaryl/α,β-unsaturated/α-hetero) is 1. The molecule has 6 nitrogen and oxygen atoms in total. The minimum atomic E-state index is -0.0667. The van der Waals surface area contributed by atoms with E-state index in [1.165, 1.54) is 0 Å². The predicted molar refractivity (Wildman–Crippen MR) is 64.6 cm³/mol. The van der Waals surface area contributed by atoms with Crippen LogP contribution in [-0.2, 0) is 7.05 Å². The molecule has 0 unspecified atom stereocenters. The first-order valence-corrected chi connectivity index (χ1v) is 5.75. The second-order valence-corrected chi connectivity index (χ2v) is 4.23.